The number of nitrogens with two attached hydrogens (primary N) is 1. The second kappa shape index (κ2) is 3.59. The van der Waals surface area contributed by atoms with Crippen LogP contribution in [0, 0.1) is 12.3 Å². The highest BCUT2D eigenvalue weighted by Gasteiger charge is 2.19. The van der Waals surface area contributed by atoms with Gasteiger partial charge in [-0.2, -0.15) is 0 Å². The summed E-state index contributed by atoms with van der Waals surface area (Å²) in [4.78, 5) is 0. The number of hydrogen-bond acceptors (Lipinski definition) is 4. The topological polar surface area (TPSA) is 90.3 Å². The van der Waals surface area contributed by atoms with Crippen molar-refractivity contribution in [3.8, 4) is 0 Å². The Morgan fingerprint density at radius 3 is 2.46 bits per heavy atom. The van der Waals surface area contributed by atoms with Gasteiger partial charge in [-0.15, -0.1) is 0 Å². The number of benzene rings is 1. The molecular formula is C8H11BN2O2. The van der Waals surface area contributed by atoms with Gasteiger partial charge >= 0.3 is 7.12 Å². The maximum Gasteiger partial charge on any atom is 0.489 e. The van der Waals surface area contributed by atoms with E-state index in [4.69, 9.17) is 21.2 Å². The lowest BCUT2D eigenvalue weighted by atomic mass is 9.74. The van der Waals surface area contributed by atoms with Crippen molar-refractivity contribution in [2.45, 2.75) is 6.92 Å². The molecule has 0 radical (unpaired) electrons. The molecule has 0 aromatic heterocycles. The average molecular weight is 178 g/mol. The predicted octanol–water partition coefficient (Wildman–Crippen LogP) is -0.745. The van der Waals surface area contributed by atoms with Crippen LogP contribution < -0.4 is 11.2 Å². The average Bonchev–Trinajstić information content (AvgIpc) is 2.07. The number of aryl methyl sites for hydroxylation is 1. The molecule has 5 heteroatoms. The molecule has 0 spiro atoms. The van der Waals surface area contributed by atoms with Crippen LogP contribution in [-0.4, -0.2) is 23.4 Å². The first-order chi connectivity index (χ1) is 6.07. The number of rotatable bonds is 2. The quantitative estimate of drug-likeness (QED) is 0.273. The molecule has 0 aliphatic heterocycles. The molecule has 1 aromatic rings. The molecule has 0 bridgehead atoms. The van der Waals surface area contributed by atoms with E-state index in [-0.39, 0.29) is 0 Å². The molecule has 1 rings (SSSR count). The zero-order valence-corrected chi connectivity index (χ0v) is 7.28. The SMILES string of the molecule is Cc1ccc(N)c(C=N)c1B(O)O. The summed E-state index contributed by atoms with van der Waals surface area (Å²) in [6.07, 6.45) is 1.02. The van der Waals surface area contributed by atoms with Crippen LogP contribution in [0.4, 0.5) is 5.69 Å². The van der Waals surface area contributed by atoms with Crippen molar-refractivity contribution in [2.75, 3.05) is 5.73 Å². The van der Waals surface area contributed by atoms with Crippen molar-refractivity contribution in [2.24, 2.45) is 0 Å². The fraction of sp³-hybridized carbons (Fsp3) is 0.125. The van der Waals surface area contributed by atoms with Crippen LogP contribution in [0.3, 0.4) is 0 Å². The first kappa shape index (κ1) is 9.76. The molecule has 5 N–H and O–H groups in total. The minimum absolute atomic E-state index is 0.301. The second-order valence-electron chi connectivity index (χ2n) is 2.82. The van der Waals surface area contributed by atoms with Gasteiger partial charge in [0, 0.05) is 17.5 Å². The van der Waals surface area contributed by atoms with E-state index < -0.39 is 7.12 Å². The normalized spacial score (nSPS) is 9.77. The summed E-state index contributed by atoms with van der Waals surface area (Å²) >= 11 is 0. The minimum Gasteiger partial charge on any atom is -0.423 e. The maximum absolute atomic E-state index is 9.04. The van der Waals surface area contributed by atoms with Gasteiger partial charge in [0.2, 0.25) is 0 Å². The second-order valence-corrected chi connectivity index (χ2v) is 2.82. The van der Waals surface area contributed by atoms with E-state index in [0.29, 0.717) is 22.3 Å². The number of anilines is 1. The molecule has 1 aromatic carbocycles. The Balaban J connectivity index is 3.43. The van der Waals surface area contributed by atoms with E-state index in [2.05, 4.69) is 0 Å². The molecule has 0 aliphatic carbocycles. The molecular weight excluding hydrogens is 167 g/mol. The predicted molar refractivity (Wildman–Crippen MR) is 53.3 cm³/mol. The lowest BCUT2D eigenvalue weighted by molar-refractivity contribution is 0.425. The maximum atomic E-state index is 9.04. The molecule has 4 nitrogen and oxygen atoms in total. The number of nitrogens with one attached hydrogen (secondary N) is 1. The zero-order chi connectivity index (χ0) is 10.0. The molecule has 0 unspecified atom stereocenters. The van der Waals surface area contributed by atoms with E-state index in [1.165, 1.54) is 0 Å². The smallest absolute Gasteiger partial charge is 0.423 e. The van der Waals surface area contributed by atoms with Crippen LogP contribution in [0.2, 0.25) is 0 Å². The van der Waals surface area contributed by atoms with Crippen LogP contribution in [0.15, 0.2) is 12.1 Å². The van der Waals surface area contributed by atoms with Gasteiger partial charge in [-0.25, -0.2) is 0 Å². The van der Waals surface area contributed by atoms with Crippen molar-refractivity contribution in [3.63, 3.8) is 0 Å². The van der Waals surface area contributed by atoms with Crippen molar-refractivity contribution >= 4 is 24.5 Å². The Hall–Kier alpha value is -1.33. The van der Waals surface area contributed by atoms with Crippen LogP contribution in [0.1, 0.15) is 11.1 Å². The van der Waals surface area contributed by atoms with Crippen molar-refractivity contribution < 1.29 is 10.0 Å². The number of nitrogen functional groups attached to an aromatic ring is 1. The molecule has 0 saturated carbocycles. The van der Waals surface area contributed by atoms with Gasteiger partial charge < -0.3 is 21.2 Å². The first-order valence-electron chi connectivity index (χ1n) is 3.83. The molecule has 0 heterocycles. The molecule has 0 saturated heterocycles. The van der Waals surface area contributed by atoms with E-state index in [1.54, 1.807) is 19.1 Å². The van der Waals surface area contributed by atoms with Gasteiger partial charge in [-0.05, 0) is 18.5 Å². The standard InChI is InChI=1S/C8H11BN2O2/c1-5-2-3-7(11)6(4-10)8(5)9(12)13/h2-4,10,12-13H,11H2,1H3. The minimum atomic E-state index is -1.58. The lowest BCUT2D eigenvalue weighted by Gasteiger charge is -2.10. The lowest BCUT2D eigenvalue weighted by Crippen LogP contribution is -2.35. The number of hydrogen-bond donors (Lipinski definition) is 4. The van der Waals surface area contributed by atoms with E-state index >= 15 is 0 Å². The molecule has 0 fully saturated rings. The Labute approximate surface area is 76.7 Å². The van der Waals surface area contributed by atoms with E-state index in [0.717, 1.165) is 6.21 Å². The summed E-state index contributed by atoms with van der Waals surface area (Å²) in [5, 5.41) is 25.2. The third-order valence-corrected chi connectivity index (χ3v) is 1.94. The zero-order valence-electron chi connectivity index (χ0n) is 7.28. The Morgan fingerprint density at radius 1 is 1.46 bits per heavy atom. The highest BCUT2D eigenvalue weighted by Crippen LogP contribution is 2.09. The van der Waals surface area contributed by atoms with E-state index in [1.807, 2.05) is 0 Å². The van der Waals surface area contributed by atoms with Gasteiger partial charge in [0.05, 0.1) is 0 Å². The summed E-state index contributed by atoms with van der Waals surface area (Å²) in [6, 6.07) is 3.33. The van der Waals surface area contributed by atoms with Crippen LogP contribution in [0.25, 0.3) is 0 Å². The third-order valence-electron chi connectivity index (χ3n) is 1.94. The monoisotopic (exact) mass is 178 g/mol. The van der Waals surface area contributed by atoms with Crippen molar-refractivity contribution in [1.29, 1.82) is 5.41 Å². The van der Waals surface area contributed by atoms with Crippen LogP contribution >= 0.6 is 0 Å². The Bertz CT molecular complexity index is 339. The Kier molecular flexibility index (Phi) is 2.70. The van der Waals surface area contributed by atoms with Gasteiger partial charge in [0.15, 0.2) is 0 Å². The van der Waals surface area contributed by atoms with Crippen LogP contribution in [0.5, 0.6) is 0 Å². The summed E-state index contributed by atoms with van der Waals surface area (Å²) < 4.78 is 0. The first-order valence-corrected chi connectivity index (χ1v) is 3.83. The van der Waals surface area contributed by atoms with Gasteiger partial charge in [-0.3, -0.25) is 0 Å². The van der Waals surface area contributed by atoms with Gasteiger partial charge in [0.25, 0.3) is 0 Å². The molecule has 0 amide bonds. The Morgan fingerprint density at radius 2 is 2.08 bits per heavy atom. The fourth-order valence-electron chi connectivity index (χ4n) is 1.27. The third kappa shape index (κ3) is 1.71. The molecule has 68 valence electrons. The highest BCUT2D eigenvalue weighted by molar-refractivity contribution is 6.61. The summed E-state index contributed by atoms with van der Waals surface area (Å²) in [5.74, 6) is 0. The molecule has 13 heavy (non-hydrogen) atoms. The van der Waals surface area contributed by atoms with Gasteiger partial charge in [0.1, 0.15) is 0 Å². The van der Waals surface area contributed by atoms with Crippen molar-refractivity contribution in [1.82, 2.24) is 0 Å². The van der Waals surface area contributed by atoms with Gasteiger partial charge in [-0.1, -0.05) is 11.6 Å². The summed E-state index contributed by atoms with van der Waals surface area (Å²) in [5.41, 5.74) is 7.33. The van der Waals surface area contributed by atoms with E-state index in [9.17, 15) is 0 Å². The summed E-state index contributed by atoms with van der Waals surface area (Å²) in [6.45, 7) is 1.74. The van der Waals surface area contributed by atoms with Crippen LogP contribution in [-0.2, 0) is 0 Å². The molecule has 0 atom stereocenters. The summed E-state index contributed by atoms with van der Waals surface area (Å²) in [7, 11) is -1.58. The largest absolute Gasteiger partial charge is 0.489 e. The van der Waals surface area contributed by atoms with Crippen molar-refractivity contribution in [3.05, 3.63) is 23.3 Å². The highest BCUT2D eigenvalue weighted by atomic mass is 16.4. The molecule has 0 aliphatic rings. The fourth-order valence-corrected chi connectivity index (χ4v) is 1.27.